The predicted octanol–water partition coefficient (Wildman–Crippen LogP) is 4.61. The lowest BCUT2D eigenvalue weighted by Crippen LogP contribution is -2.29. The summed E-state index contributed by atoms with van der Waals surface area (Å²) in [6.45, 7) is 1.81. The second kappa shape index (κ2) is 7.90. The van der Waals surface area contributed by atoms with E-state index in [0.29, 0.717) is 34.5 Å². The third-order valence-corrected chi connectivity index (χ3v) is 5.87. The molecule has 1 amide bonds. The lowest BCUT2D eigenvalue weighted by Gasteiger charge is -2.23. The maximum atomic E-state index is 13.2. The van der Waals surface area contributed by atoms with E-state index in [4.69, 9.17) is 30.2 Å². The SMILES string of the molecule is COc1ccc(Cl)c(/C(O)=C2/C(=O)C(=O)N(c3ccc4c(c3)OCO4)C2c2ccc(C)o2)c1. The molecule has 1 saturated heterocycles. The van der Waals surface area contributed by atoms with Crippen LogP contribution in [0.25, 0.3) is 5.76 Å². The number of nitrogens with zero attached hydrogens (tertiary/aromatic N) is 1. The van der Waals surface area contributed by atoms with E-state index >= 15 is 0 Å². The second-order valence-corrected chi connectivity index (χ2v) is 7.91. The molecule has 0 bridgehead atoms. The van der Waals surface area contributed by atoms with Gasteiger partial charge in [-0.15, -0.1) is 0 Å². The van der Waals surface area contributed by atoms with Gasteiger partial charge in [0.25, 0.3) is 11.7 Å². The van der Waals surface area contributed by atoms with Crippen LogP contribution < -0.4 is 19.1 Å². The summed E-state index contributed by atoms with van der Waals surface area (Å²) >= 11 is 6.31. The molecule has 2 aliphatic heterocycles. The Balaban J connectivity index is 1.72. The van der Waals surface area contributed by atoms with Gasteiger partial charge in [-0.2, -0.15) is 0 Å². The van der Waals surface area contributed by atoms with Crippen molar-refractivity contribution in [2.45, 2.75) is 13.0 Å². The molecule has 5 rings (SSSR count). The predicted molar refractivity (Wildman–Crippen MR) is 119 cm³/mol. The summed E-state index contributed by atoms with van der Waals surface area (Å²) in [5.74, 6) is 0.168. The third-order valence-electron chi connectivity index (χ3n) is 5.54. The van der Waals surface area contributed by atoms with E-state index < -0.39 is 23.5 Å². The number of rotatable bonds is 4. The van der Waals surface area contributed by atoms with Gasteiger partial charge in [-0.1, -0.05) is 11.6 Å². The Kier molecular flexibility index (Phi) is 5.02. The molecule has 168 valence electrons. The van der Waals surface area contributed by atoms with Gasteiger partial charge in [-0.25, -0.2) is 0 Å². The second-order valence-electron chi connectivity index (χ2n) is 7.50. The van der Waals surface area contributed by atoms with Crippen molar-refractivity contribution in [1.82, 2.24) is 0 Å². The highest BCUT2D eigenvalue weighted by molar-refractivity contribution is 6.52. The van der Waals surface area contributed by atoms with E-state index in [9.17, 15) is 14.7 Å². The standard InChI is InChI=1S/C24H18ClNO7/c1-12-3-7-18(33-12)21-20(22(27)15-10-14(30-2)5-6-16(15)25)23(28)24(29)26(21)13-4-8-17-19(9-13)32-11-31-17/h3-10,21,27H,11H2,1-2H3/b22-20-. The molecule has 33 heavy (non-hydrogen) atoms. The summed E-state index contributed by atoms with van der Waals surface area (Å²) < 4.78 is 21.8. The summed E-state index contributed by atoms with van der Waals surface area (Å²) in [7, 11) is 1.47. The number of furan rings is 1. The van der Waals surface area contributed by atoms with Crippen molar-refractivity contribution >= 4 is 34.7 Å². The zero-order valence-corrected chi connectivity index (χ0v) is 18.4. The number of halogens is 1. The number of aliphatic hydroxyl groups excluding tert-OH is 1. The quantitative estimate of drug-likeness (QED) is 0.340. The monoisotopic (exact) mass is 467 g/mol. The molecule has 3 heterocycles. The molecule has 0 spiro atoms. The van der Waals surface area contributed by atoms with Crippen molar-refractivity contribution in [2.75, 3.05) is 18.8 Å². The number of amides is 1. The lowest BCUT2D eigenvalue weighted by molar-refractivity contribution is -0.132. The summed E-state index contributed by atoms with van der Waals surface area (Å²) in [6.07, 6.45) is 0. The minimum atomic E-state index is -1.03. The van der Waals surface area contributed by atoms with Gasteiger partial charge in [-0.3, -0.25) is 14.5 Å². The molecule has 9 heteroatoms. The fraction of sp³-hybridized carbons (Fsp3) is 0.167. The summed E-state index contributed by atoms with van der Waals surface area (Å²) in [6, 6.07) is 11.9. The van der Waals surface area contributed by atoms with Crippen LogP contribution in [-0.2, 0) is 9.59 Å². The van der Waals surface area contributed by atoms with Crippen molar-refractivity contribution in [3.05, 3.63) is 76.2 Å². The van der Waals surface area contributed by atoms with Crippen LogP contribution in [0, 0.1) is 6.92 Å². The molecule has 1 N–H and O–H groups in total. The van der Waals surface area contributed by atoms with Crippen molar-refractivity contribution in [2.24, 2.45) is 0 Å². The number of benzene rings is 2. The number of fused-ring (bicyclic) bond motifs is 1. The molecule has 0 aliphatic carbocycles. The maximum Gasteiger partial charge on any atom is 0.300 e. The van der Waals surface area contributed by atoms with E-state index in [1.807, 2.05) is 0 Å². The minimum Gasteiger partial charge on any atom is -0.507 e. The van der Waals surface area contributed by atoms with E-state index in [1.54, 1.807) is 43.3 Å². The van der Waals surface area contributed by atoms with Gasteiger partial charge in [0.1, 0.15) is 29.1 Å². The minimum absolute atomic E-state index is 0.0623. The molecule has 3 aromatic rings. The van der Waals surface area contributed by atoms with E-state index in [0.717, 1.165) is 0 Å². The highest BCUT2D eigenvalue weighted by atomic mass is 35.5. The molecular formula is C24H18ClNO7. The molecule has 0 radical (unpaired) electrons. The average Bonchev–Trinajstić information content (AvgIpc) is 3.51. The first kappa shape index (κ1) is 21.0. The Morgan fingerprint density at radius 1 is 1.09 bits per heavy atom. The third kappa shape index (κ3) is 3.39. The number of carbonyl (C=O) groups excluding carboxylic acids is 2. The Labute approximate surface area is 193 Å². The Morgan fingerprint density at radius 3 is 2.61 bits per heavy atom. The van der Waals surface area contributed by atoms with Crippen LogP contribution in [0.2, 0.25) is 5.02 Å². The number of carbonyl (C=O) groups is 2. The fourth-order valence-electron chi connectivity index (χ4n) is 3.96. The lowest BCUT2D eigenvalue weighted by atomic mass is 9.99. The van der Waals surface area contributed by atoms with E-state index in [1.165, 1.54) is 24.1 Å². The first-order chi connectivity index (χ1) is 15.9. The van der Waals surface area contributed by atoms with Gasteiger partial charge in [0.2, 0.25) is 6.79 Å². The molecule has 1 unspecified atom stereocenters. The molecule has 1 aromatic heterocycles. The largest absolute Gasteiger partial charge is 0.507 e. The highest BCUT2D eigenvalue weighted by Gasteiger charge is 2.49. The topological polar surface area (TPSA) is 98.4 Å². The highest BCUT2D eigenvalue weighted by Crippen LogP contribution is 2.46. The zero-order chi connectivity index (χ0) is 23.3. The summed E-state index contributed by atoms with van der Waals surface area (Å²) in [5, 5.41) is 11.4. The maximum absolute atomic E-state index is 13.2. The van der Waals surface area contributed by atoms with Gasteiger partial charge in [0, 0.05) is 17.3 Å². The van der Waals surface area contributed by atoms with Crippen LogP contribution in [0.3, 0.4) is 0 Å². The molecule has 0 saturated carbocycles. The number of ketones is 1. The van der Waals surface area contributed by atoms with Gasteiger partial charge < -0.3 is 23.7 Å². The van der Waals surface area contributed by atoms with Crippen molar-refractivity contribution in [3.8, 4) is 17.2 Å². The van der Waals surface area contributed by atoms with Gasteiger partial charge in [0.05, 0.1) is 17.7 Å². The number of aryl methyl sites for hydroxylation is 1. The van der Waals surface area contributed by atoms with Crippen LogP contribution in [0.15, 0.2) is 58.5 Å². The molecule has 8 nitrogen and oxygen atoms in total. The van der Waals surface area contributed by atoms with E-state index in [-0.39, 0.29) is 23.0 Å². The summed E-state index contributed by atoms with van der Waals surface area (Å²) in [5.41, 5.74) is 0.395. The van der Waals surface area contributed by atoms with Gasteiger partial charge >= 0.3 is 0 Å². The van der Waals surface area contributed by atoms with Crippen LogP contribution in [0.5, 0.6) is 17.2 Å². The number of methoxy groups -OCH3 is 1. The Bertz CT molecular complexity index is 1330. The van der Waals surface area contributed by atoms with Crippen molar-refractivity contribution in [3.63, 3.8) is 0 Å². The Morgan fingerprint density at radius 2 is 1.88 bits per heavy atom. The van der Waals surface area contributed by atoms with Crippen LogP contribution in [0.1, 0.15) is 23.1 Å². The molecule has 1 fully saturated rings. The van der Waals surface area contributed by atoms with Crippen molar-refractivity contribution in [1.29, 1.82) is 0 Å². The number of anilines is 1. The normalized spacial score (nSPS) is 18.8. The van der Waals surface area contributed by atoms with E-state index in [2.05, 4.69) is 0 Å². The average molecular weight is 468 g/mol. The number of ether oxygens (including phenoxy) is 3. The molecule has 2 aromatic carbocycles. The first-order valence-corrected chi connectivity index (χ1v) is 10.4. The van der Waals surface area contributed by atoms with Crippen LogP contribution >= 0.6 is 11.6 Å². The number of Topliss-reactive ketones (excluding diaryl/α,β-unsaturated/α-hetero) is 1. The zero-order valence-electron chi connectivity index (χ0n) is 17.6. The molecule has 1 atom stereocenters. The molecular weight excluding hydrogens is 450 g/mol. The van der Waals surface area contributed by atoms with Gasteiger partial charge in [-0.05, 0) is 49.4 Å². The summed E-state index contributed by atoms with van der Waals surface area (Å²) in [4.78, 5) is 27.7. The molecule has 2 aliphatic rings. The fourth-order valence-corrected chi connectivity index (χ4v) is 4.17. The number of hydrogen-bond acceptors (Lipinski definition) is 7. The smallest absolute Gasteiger partial charge is 0.300 e. The van der Waals surface area contributed by atoms with Crippen LogP contribution in [0.4, 0.5) is 5.69 Å². The van der Waals surface area contributed by atoms with Crippen LogP contribution in [-0.4, -0.2) is 30.7 Å². The van der Waals surface area contributed by atoms with Gasteiger partial charge in [0.15, 0.2) is 11.5 Å². The van der Waals surface area contributed by atoms with Crippen molar-refractivity contribution < 1.29 is 33.3 Å². The number of aliphatic hydroxyl groups is 1. The number of hydrogen-bond donors (Lipinski definition) is 1. The first-order valence-electron chi connectivity index (χ1n) is 10.00. The Hall–Kier alpha value is -3.91.